The van der Waals surface area contributed by atoms with Crippen LogP contribution >= 0.6 is 0 Å². The van der Waals surface area contributed by atoms with Crippen molar-refractivity contribution in [3.05, 3.63) is 39.7 Å². The van der Waals surface area contributed by atoms with E-state index in [1.54, 1.807) is 10.6 Å². The summed E-state index contributed by atoms with van der Waals surface area (Å²) in [4.78, 5) is 26.8. The Balaban J connectivity index is 0.00000210. The van der Waals surface area contributed by atoms with E-state index in [-0.39, 0.29) is 23.7 Å². The van der Waals surface area contributed by atoms with E-state index in [1.807, 2.05) is 12.1 Å². The first-order valence-electron chi connectivity index (χ1n) is 9.23. The van der Waals surface area contributed by atoms with Crippen LogP contribution in [0, 0.1) is 0 Å². The quantitative estimate of drug-likeness (QED) is 0.499. The fraction of sp³-hybridized carbons (Fsp3) is 0.474. The number of aryl methyl sites for hydroxylation is 2. The van der Waals surface area contributed by atoms with Crippen molar-refractivity contribution in [3.63, 3.8) is 0 Å². The molecule has 1 amide bonds. The standard InChI is InChI=1S/C19H23N3O4.ClH/c23-17-14-5-1-3-13-4-2-7-22(16(13)14)19(25)15(17)18(24)20-6-8-21-9-11-26-12-10-21;/h1,3,5,23H,2,4,6-12H2,(H,20,24);1H. The minimum absolute atomic E-state index is 0. The number of hydrogen-bond donors (Lipinski definition) is 3. The van der Waals surface area contributed by atoms with Crippen molar-refractivity contribution >= 4 is 16.8 Å². The molecule has 7 nitrogen and oxygen atoms in total. The van der Waals surface area contributed by atoms with Crippen LogP contribution in [0.2, 0.25) is 0 Å². The van der Waals surface area contributed by atoms with E-state index < -0.39 is 11.5 Å². The Hall–Kier alpha value is -2.09. The zero-order valence-electron chi connectivity index (χ0n) is 15.1. The Labute approximate surface area is 163 Å². The summed E-state index contributed by atoms with van der Waals surface area (Å²) in [6.45, 7) is 5.14. The number of quaternary nitrogens is 1. The lowest BCUT2D eigenvalue weighted by Crippen LogP contribution is -3.14. The Kier molecular flexibility index (Phi) is 6.04. The zero-order valence-corrected chi connectivity index (χ0v) is 15.8. The first-order valence-corrected chi connectivity index (χ1v) is 9.23. The van der Waals surface area contributed by atoms with E-state index in [0.29, 0.717) is 18.5 Å². The highest BCUT2D eigenvalue weighted by molar-refractivity contribution is 6.02. The molecule has 0 bridgehead atoms. The van der Waals surface area contributed by atoms with Gasteiger partial charge in [-0.2, -0.15) is 0 Å². The van der Waals surface area contributed by atoms with E-state index in [9.17, 15) is 14.7 Å². The Morgan fingerprint density at radius 2 is 2.07 bits per heavy atom. The fourth-order valence-corrected chi connectivity index (χ4v) is 3.97. The molecule has 8 heteroatoms. The topological polar surface area (TPSA) is 85.0 Å². The second-order valence-corrected chi connectivity index (χ2v) is 6.97. The number of nitrogens with one attached hydrogen (secondary N) is 2. The number of para-hydroxylation sites is 1. The maximum absolute atomic E-state index is 12.8. The Bertz CT molecular complexity index is 906. The van der Waals surface area contributed by atoms with Gasteiger partial charge in [0, 0.05) is 11.9 Å². The molecule has 1 aromatic heterocycles. The van der Waals surface area contributed by atoms with Gasteiger partial charge < -0.3 is 37.0 Å². The number of nitrogens with zero attached hydrogens (tertiary/aromatic N) is 1. The lowest BCUT2D eigenvalue weighted by molar-refractivity contribution is -0.906. The highest BCUT2D eigenvalue weighted by Gasteiger charge is 2.25. The second kappa shape index (κ2) is 8.29. The van der Waals surface area contributed by atoms with E-state index in [1.165, 1.54) is 4.90 Å². The molecule has 27 heavy (non-hydrogen) atoms. The number of aromatic nitrogens is 1. The van der Waals surface area contributed by atoms with Gasteiger partial charge in [0.25, 0.3) is 11.5 Å². The first kappa shape index (κ1) is 19.7. The van der Waals surface area contributed by atoms with E-state index >= 15 is 0 Å². The highest BCUT2D eigenvalue weighted by Crippen LogP contribution is 2.31. The molecule has 2 aromatic rings. The number of pyridine rings is 1. The van der Waals surface area contributed by atoms with Crippen molar-refractivity contribution in [2.75, 3.05) is 39.4 Å². The second-order valence-electron chi connectivity index (χ2n) is 6.97. The van der Waals surface area contributed by atoms with Crippen molar-refractivity contribution in [1.82, 2.24) is 9.88 Å². The number of aromatic hydroxyl groups is 1. The molecular formula is C19H24ClN3O4. The third-order valence-corrected chi connectivity index (χ3v) is 5.36. The molecule has 1 saturated heterocycles. The van der Waals surface area contributed by atoms with Crippen molar-refractivity contribution in [2.24, 2.45) is 0 Å². The van der Waals surface area contributed by atoms with Gasteiger partial charge in [-0.3, -0.25) is 9.59 Å². The van der Waals surface area contributed by atoms with Gasteiger partial charge in [-0.15, -0.1) is 0 Å². The fourth-order valence-electron chi connectivity index (χ4n) is 3.97. The summed E-state index contributed by atoms with van der Waals surface area (Å²) in [6, 6.07) is 5.60. The summed E-state index contributed by atoms with van der Waals surface area (Å²) in [5.74, 6) is -0.706. The number of ether oxygens (including phenoxy) is 1. The predicted molar refractivity (Wildman–Crippen MR) is 96.9 cm³/mol. The molecule has 2 aliphatic heterocycles. The average Bonchev–Trinajstić information content (AvgIpc) is 2.67. The minimum atomic E-state index is -0.498. The van der Waals surface area contributed by atoms with Crippen LogP contribution in [0.15, 0.2) is 23.0 Å². The van der Waals surface area contributed by atoms with Crippen molar-refractivity contribution in [1.29, 1.82) is 0 Å². The number of amides is 1. The number of carbonyl (C=O) groups excluding carboxylic acids is 1. The van der Waals surface area contributed by atoms with Gasteiger partial charge in [0.15, 0.2) is 0 Å². The molecule has 1 aromatic carbocycles. The van der Waals surface area contributed by atoms with E-state index in [2.05, 4.69) is 5.32 Å². The van der Waals surface area contributed by atoms with Gasteiger partial charge in [0.1, 0.15) is 24.4 Å². The van der Waals surface area contributed by atoms with E-state index in [0.717, 1.165) is 56.8 Å². The highest BCUT2D eigenvalue weighted by atomic mass is 35.5. The molecule has 146 valence electrons. The van der Waals surface area contributed by atoms with Crippen molar-refractivity contribution in [2.45, 2.75) is 19.4 Å². The summed E-state index contributed by atoms with van der Waals surface area (Å²) < 4.78 is 6.96. The largest absolute Gasteiger partial charge is 1.00 e. The van der Waals surface area contributed by atoms with Crippen LogP contribution in [0.4, 0.5) is 0 Å². The molecule has 3 N–H and O–H groups in total. The minimum Gasteiger partial charge on any atom is -1.00 e. The molecule has 0 radical (unpaired) electrons. The van der Waals surface area contributed by atoms with Crippen LogP contribution in [0.25, 0.3) is 10.9 Å². The van der Waals surface area contributed by atoms with Gasteiger partial charge in [-0.25, -0.2) is 0 Å². The van der Waals surface area contributed by atoms with Gasteiger partial charge in [0.2, 0.25) is 0 Å². The third kappa shape index (κ3) is 3.67. The van der Waals surface area contributed by atoms with Crippen molar-refractivity contribution in [3.8, 4) is 5.75 Å². The maximum Gasteiger partial charge on any atom is 0.267 e. The molecule has 0 atom stereocenters. The normalized spacial score (nSPS) is 16.7. The zero-order chi connectivity index (χ0) is 18.1. The molecular weight excluding hydrogens is 370 g/mol. The SMILES string of the molecule is O=C(NCC[NH+]1CCOCC1)c1c(O)c2cccc3c2n(c1=O)CCC3.[Cl-]. The average molecular weight is 394 g/mol. The molecule has 1 fully saturated rings. The number of halogens is 1. The number of rotatable bonds is 4. The molecule has 0 unspecified atom stereocenters. The Morgan fingerprint density at radius 3 is 2.85 bits per heavy atom. The summed E-state index contributed by atoms with van der Waals surface area (Å²) >= 11 is 0. The first-order chi connectivity index (χ1) is 12.7. The number of carbonyl (C=O) groups is 1. The van der Waals surface area contributed by atoms with Gasteiger partial charge in [-0.05, 0) is 24.5 Å². The predicted octanol–water partition coefficient (Wildman–Crippen LogP) is -3.70. The number of morpholine rings is 1. The van der Waals surface area contributed by atoms with Gasteiger partial charge >= 0.3 is 0 Å². The number of hydrogen-bond acceptors (Lipinski definition) is 4. The molecule has 0 spiro atoms. The Morgan fingerprint density at radius 1 is 1.30 bits per heavy atom. The van der Waals surface area contributed by atoms with Crippen LogP contribution < -0.4 is 28.2 Å². The van der Waals surface area contributed by atoms with Crippen molar-refractivity contribution < 1.29 is 31.9 Å². The summed E-state index contributed by atoms with van der Waals surface area (Å²) in [7, 11) is 0. The summed E-state index contributed by atoms with van der Waals surface area (Å²) in [5, 5.41) is 14.0. The smallest absolute Gasteiger partial charge is 0.267 e. The summed E-state index contributed by atoms with van der Waals surface area (Å²) in [6.07, 6.45) is 1.74. The maximum atomic E-state index is 12.8. The van der Waals surface area contributed by atoms with E-state index in [4.69, 9.17) is 4.74 Å². The van der Waals surface area contributed by atoms with Gasteiger partial charge in [-0.1, -0.05) is 12.1 Å². The van der Waals surface area contributed by atoms with Crippen LogP contribution in [-0.4, -0.2) is 55.0 Å². The molecule has 0 aliphatic carbocycles. The molecule has 3 heterocycles. The van der Waals surface area contributed by atoms with Crippen LogP contribution in [0.3, 0.4) is 0 Å². The third-order valence-electron chi connectivity index (χ3n) is 5.36. The molecule has 2 aliphatic rings. The van der Waals surface area contributed by atoms with Crippen LogP contribution in [-0.2, 0) is 17.7 Å². The monoisotopic (exact) mass is 393 g/mol. The molecule has 4 rings (SSSR count). The number of benzene rings is 1. The lowest BCUT2D eigenvalue weighted by atomic mass is 9.99. The van der Waals surface area contributed by atoms with Crippen LogP contribution in [0.5, 0.6) is 5.75 Å². The van der Waals surface area contributed by atoms with Crippen LogP contribution in [0.1, 0.15) is 22.3 Å². The molecule has 0 saturated carbocycles. The lowest BCUT2D eigenvalue weighted by Gasteiger charge is -2.24. The van der Waals surface area contributed by atoms with Gasteiger partial charge in [0.05, 0.1) is 31.8 Å². The summed E-state index contributed by atoms with van der Waals surface area (Å²) in [5.41, 5.74) is 1.26.